The van der Waals surface area contributed by atoms with Crippen LogP contribution in [0.4, 0.5) is 0 Å². The van der Waals surface area contributed by atoms with Gasteiger partial charge in [0, 0.05) is 19.5 Å². The molecule has 5 heteroatoms. The minimum Gasteiger partial charge on any atom is -0.387 e. The van der Waals surface area contributed by atoms with Gasteiger partial charge in [-0.15, -0.1) is 0 Å². The topological polar surface area (TPSA) is 64.6 Å². The minimum absolute atomic E-state index is 0.159. The van der Waals surface area contributed by atoms with Gasteiger partial charge in [-0.3, -0.25) is 4.79 Å². The van der Waals surface area contributed by atoms with Crippen molar-refractivity contribution in [3.63, 3.8) is 0 Å². The lowest BCUT2D eigenvalue weighted by molar-refractivity contribution is -0.121. The second-order valence-corrected chi connectivity index (χ2v) is 6.68. The van der Waals surface area contributed by atoms with E-state index in [2.05, 4.69) is 15.5 Å². The van der Waals surface area contributed by atoms with Gasteiger partial charge in [0.15, 0.2) is 0 Å². The average Bonchev–Trinajstić information content (AvgIpc) is 2.62. The summed E-state index contributed by atoms with van der Waals surface area (Å²) in [4.78, 5) is 14.1. The van der Waals surface area contributed by atoms with Crippen molar-refractivity contribution in [3.8, 4) is 0 Å². The average molecular weight is 333 g/mol. The summed E-state index contributed by atoms with van der Waals surface area (Å²) in [5.41, 5.74) is 0.980. The first-order chi connectivity index (χ1) is 11.7. The monoisotopic (exact) mass is 333 g/mol. The van der Waals surface area contributed by atoms with Gasteiger partial charge < -0.3 is 20.6 Å². The molecule has 0 spiro atoms. The summed E-state index contributed by atoms with van der Waals surface area (Å²) in [7, 11) is 1.90. The zero-order chi connectivity index (χ0) is 17.2. The first-order valence-electron chi connectivity index (χ1n) is 9.05. The van der Waals surface area contributed by atoms with Crippen LogP contribution in [0.5, 0.6) is 0 Å². The van der Waals surface area contributed by atoms with E-state index in [1.807, 2.05) is 37.4 Å². The number of hydrogen-bond acceptors (Lipinski definition) is 4. The number of hydrogen-bond donors (Lipinski definition) is 3. The summed E-state index contributed by atoms with van der Waals surface area (Å²) >= 11 is 0. The molecule has 1 fully saturated rings. The van der Waals surface area contributed by atoms with Gasteiger partial charge in [-0.25, -0.2) is 0 Å². The number of likely N-dealkylation sites (tertiary alicyclic amines) is 1. The van der Waals surface area contributed by atoms with Gasteiger partial charge >= 0.3 is 0 Å². The molecular formula is C19H31N3O2. The first-order valence-corrected chi connectivity index (χ1v) is 9.05. The Labute approximate surface area is 145 Å². The van der Waals surface area contributed by atoms with Crippen molar-refractivity contribution in [2.75, 3.05) is 39.8 Å². The first kappa shape index (κ1) is 18.9. The number of aliphatic hydroxyl groups excluding tert-OH is 1. The maximum absolute atomic E-state index is 11.7. The Morgan fingerprint density at radius 2 is 2.00 bits per heavy atom. The van der Waals surface area contributed by atoms with Crippen molar-refractivity contribution >= 4 is 5.91 Å². The molecule has 2 rings (SSSR count). The Morgan fingerprint density at radius 3 is 2.67 bits per heavy atom. The molecule has 1 atom stereocenters. The Kier molecular flexibility index (Phi) is 8.22. The third kappa shape index (κ3) is 6.59. The molecule has 5 nitrogen and oxygen atoms in total. The summed E-state index contributed by atoms with van der Waals surface area (Å²) in [5.74, 6) is 0.718. The maximum atomic E-state index is 11.7. The molecule has 1 unspecified atom stereocenters. The quantitative estimate of drug-likeness (QED) is 0.600. The Hall–Kier alpha value is -1.43. The van der Waals surface area contributed by atoms with Crippen LogP contribution in [0.25, 0.3) is 0 Å². The molecule has 24 heavy (non-hydrogen) atoms. The van der Waals surface area contributed by atoms with Crippen LogP contribution in [0, 0.1) is 5.92 Å². The Balaban J connectivity index is 1.62. The molecule has 3 N–H and O–H groups in total. The summed E-state index contributed by atoms with van der Waals surface area (Å²) in [6.07, 6.45) is 3.23. The van der Waals surface area contributed by atoms with Gasteiger partial charge in [-0.05, 0) is 57.4 Å². The molecule has 0 bridgehead atoms. The van der Waals surface area contributed by atoms with E-state index in [1.54, 1.807) is 0 Å². The van der Waals surface area contributed by atoms with Crippen molar-refractivity contribution in [2.24, 2.45) is 5.92 Å². The summed E-state index contributed by atoms with van der Waals surface area (Å²) in [6.45, 7) is 4.34. The number of nitrogens with one attached hydrogen (secondary N) is 2. The number of rotatable bonds is 9. The molecule has 1 aromatic rings. The molecular weight excluding hydrogens is 302 g/mol. The molecule has 1 saturated heterocycles. The SMILES string of the molecule is CNCCCC(=O)NCC1CCN(CC(O)c2ccccc2)CC1. The fraction of sp³-hybridized carbons (Fsp3) is 0.632. The molecule has 1 aliphatic heterocycles. The van der Waals surface area contributed by atoms with Crippen LogP contribution in [-0.2, 0) is 4.79 Å². The van der Waals surface area contributed by atoms with Gasteiger partial charge in [0.25, 0.3) is 0 Å². The highest BCUT2D eigenvalue weighted by Crippen LogP contribution is 2.20. The predicted octanol–water partition coefficient (Wildman–Crippen LogP) is 1.55. The van der Waals surface area contributed by atoms with E-state index < -0.39 is 6.10 Å². The van der Waals surface area contributed by atoms with Gasteiger partial charge in [0.2, 0.25) is 5.91 Å². The minimum atomic E-state index is -0.422. The lowest BCUT2D eigenvalue weighted by Crippen LogP contribution is -2.40. The largest absolute Gasteiger partial charge is 0.387 e. The summed E-state index contributed by atoms with van der Waals surface area (Å²) in [6, 6.07) is 9.84. The van der Waals surface area contributed by atoms with Gasteiger partial charge in [0.1, 0.15) is 0 Å². The molecule has 1 aliphatic rings. The van der Waals surface area contributed by atoms with E-state index >= 15 is 0 Å². The van der Waals surface area contributed by atoms with Crippen LogP contribution in [0.1, 0.15) is 37.4 Å². The van der Waals surface area contributed by atoms with Crippen LogP contribution in [-0.4, -0.2) is 55.7 Å². The summed E-state index contributed by atoms with van der Waals surface area (Å²) < 4.78 is 0. The van der Waals surface area contributed by atoms with Gasteiger partial charge in [-0.1, -0.05) is 30.3 Å². The third-order valence-corrected chi connectivity index (χ3v) is 4.74. The van der Waals surface area contributed by atoms with E-state index in [0.29, 0.717) is 18.9 Å². The van der Waals surface area contributed by atoms with Gasteiger partial charge in [-0.2, -0.15) is 0 Å². The van der Waals surface area contributed by atoms with E-state index in [0.717, 1.165) is 51.0 Å². The molecule has 1 heterocycles. The fourth-order valence-electron chi connectivity index (χ4n) is 3.17. The molecule has 0 radical (unpaired) electrons. The smallest absolute Gasteiger partial charge is 0.220 e. The van der Waals surface area contributed by atoms with E-state index in [9.17, 15) is 9.90 Å². The van der Waals surface area contributed by atoms with Crippen LogP contribution in [0.2, 0.25) is 0 Å². The number of aliphatic hydroxyl groups is 1. The molecule has 0 aromatic heterocycles. The standard InChI is InChI=1S/C19H31N3O2/c1-20-11-5-8-19(24)21-14-16-9-12-22(13-10-16)15-18(23)17-6-3-2-4-7-17/h2-4,6-7,16,18,20,23H,5,8-15H2,1H3,(H,21,24). The van der Waals surface area contributed by atoms with E-state index in [-0.39, 0.29) is 5.91 Å². The third-order valence-electron chi connectivity index (χ3n) is 4.74. The normalized spacial score (nSPS) is 17.6. The van der Waals surface area contributed by atoms with Crippen molar-refractivity contribution in [3.05, 3.63) is 35.9 Å². The Bertz CT molecular complexity index is 473. The van der Waals surface area contributed by atoms with E-state index in [1.165, 1.54) is 0 Å². The molecule has 134 valence electrons. The van der Waals surface area contributed by atoms with Crippen molar-refractivity contribution in [2.45, 2.75) is 31.8 Å². The van der Waals surface area contributed by atoms with Gasteiger partial charge in [0.05, 0.1) is 6.10 Å². The number of nitrogens with zero attached hydrogens (tertiary/aromatic N) is 1. The van der Waals surface area contributed by atoms with E-state index in [4.69, 9.17) is 0 Å². The molecule has 1 aromatic carbocycles. The van der Waals surface area contributed by atoms with Crippen LogP contribution in [0.3, 0.4) is 0 Å². The number of β-amino-alcohol motifs (C(OH)–C–C–N with tert-alkyl or cyclic N) is 1. The lowest BCUT2D eigenvalue weighted by atomic mass is 9.96. The van der Waals surface area contributed by atoms with Crippen LogP contribution >= 0.6 is 0 Å². The second-order valence-electron chi connectivity index (χ2n) is 6.68. The highest BCUT2D eigenvalue weighted by molar-refractivity contribution is 5.75. The van der Waals surface area contributed by atoms with Crippen LogP contribution < -0.4 is 10.6 Å². The maximum Gasteiger partial charge on any atom is 0.220 e. The number of piperidine rings is 1. The van der Waals surface area contributed by atoms with Crippen LogP contribution in [0.15, 0.2) is 30.3 Å². The zero-order valence-corrected chi connectivity index (χ0v) is 14.7. The number of carbonyl (C=O) groups excluding carboxylic acids is 1. The zero-order valence-electron chi connectivity index (χ0n) is 14.7. The number of amides is 1. The van der Waals surface area contributed by atoms with Crippen molar-refractivity contribution in [1.82, 2.24) is 15.5 Å². The van der Waals surface area contributed by atoms with Crippen molar-refractivity contribution in [1.29, 1.82) is 0 Å². The second kappa shape index (κ2) is 10.4. The molecule has 0 saturated carbocycles. The lowest BCUT2D eigenvalue weighted by Gasteiger charge is -2.33. The number of benzene rings is 1. The Morgan fingerprint density at radius 1 is 1.29 bits per heavy atom. The van der Waals surface area contributed by atoms with Crippen molar-refractivity contribution < 1.29 is 9.90 Å². The molecule has 0 aliphatic carbocycles. The highest BCUT2D eigenvalue weighted by atomic mass is 16.3. The predicted molar refractivity (Wildman–Crippen MR) is 96.7 cm³/mol. The summed E-state index contributed by atoms with van der Waals surface area (Å²) in [5, 5.41) is 16.4. The molecule has 1 amide bonds. The fourth-order valence-corrected chi connectivity index (χ4v) is 3.17. The highest BCUT2D eigenvalue weighted by Gasteiger charge is 2.21. The number of carbonyl (C=O) groups is 1.